The number of fused-ring (bicyclic) bond motifs is 2. The predicted molar refractivity (Wildman–Crippen MR) is 111 cm³/mol. The van der Waals surface area contributed by atoms with Gasteiger partial charge in [0.05, 0.1) is 5.92 Å². The van der Waals surface area contributed by atoms with Crippen LogP contribution in [0.25, 0.3) is 0 Å². The molecule has 2 aliphatic heterocycles. The minimum atomic E-state index is 0. The van der Waals surface area contributed by atoms with E-state index in [0.717, 1.165) is 13.1 Å². The molecular formula is C20H37Cl2N3O. The second-order valence-corrected chi connectivity index (χ2v) is 8.94. The Kier molecular flexibility index (Phi) is 8.52. The van der Waals surface area contributed by atoms with E-state index in [9.17, 15) is 4.79 Å². The van der Waals surface area contributed by atoms with Gasteiger partial charge < -0.3 is 15.5 Å². The Balaban J connectivity index is 0.00000121. The summed E-state index contributed by atoms with van der Waals surface area (Å²) in [6.07, 6.45) is 11.7. The highest BCUT2D eigenvalue weighted by Gasteiger charge is 2.50. The Labute approximate surface area is 171 Å². The number of carbonyl (C=O) groups is 1. The Morgan fingerprint density at radius 2 is 1.58 bits per heavy atom. The van der Waals surface area contributed by atoms with Crippen molar-refractivity contribution < 1.29 is 4.79 Å². The number of hydrogen-bond donors (Lipinski definition) is 1. The van der Waals surface area contributed by atoms with Crippen LogP contribution in [-0.2, 0) is 4.79 Å². The Morgan fingerprint density at radius 3 is 2.23 bits per heavy atom. The first-order chi connectivity index (χ1) is 11.7. The minimum Gasteiger partial charge on any atom is -0.342 e. The number of nitrogens with two attached hydrogens (primary N) is 1. The molecule has 6 heteroatoms. The third-order valence-corrected chi connectivity index (χ3v) is 7.31. The molecule has 1 amide bonds. The van der Waals surface area contributed by atoms with Crippen LogP contribution in [0.3, 0.4) is 0 Å². The van der Waals surface area contributed by atoms with Gasteiger partial charge in [-0.2, -0.15) is 0 Å². The van der Waals surface area contributed by atoms with Crippen LogP contribution in [0.15, 0.2) is 0 Å². The van der Waals surface area contributed by atoms with E-state index in [-0.39, 0.29) is 36.8 Å². The highest BCUT2D eigenvalue weighted by atomic mass is 35.5. The molecule has 5 atom stereocenters. The fraction of sp³-hybridized carbons (Fsp3) is 0.950. The van der Waals surface area contributed by atoms with Crippen molar-refractivity contribution in [3.8, 4) is 0 Å². The lowest BCUT2D eigenvalue weighted by Crippen LogP contribution is -2.51. The third-order valence-electron chi connectivity index (χ3n) is 7.31. The highest BCUT2D eigenvalue weighted by Crippen LogP contribution is 2.48. The zero-order valence-corrected chi connectivity index (χ0v) is 17.6. The molecule has 4 nitrogen and oxygen atoms in total. The van der Waals surface area contributed by atoms with Gasteiger partial charge in [-0.3, -0.25) is 4.79 Å². The lowest BCUT2D eigenvalue weighted by atomic mass is 9.83. The van der Waals surface area contributed by atoms with Gasteiger partial charge >= 0.3 is 0 Å². The molecule has 2 aliphatic carbocycles. The maximum Gasteiger partial charge on any atom is 0.227 e. The van der Waals surface area contributed by atoms with E-state index in [1.807, 2.05) is 0 Å². The molecule has 0 radical (unpaired) electrons. The average Bonchev–Trinajstić information content (AvgIpc) is 3.08. The monoisotopic (exact) mass is 405 g/mol. The molecule has 2 bridgehead atoms. The topological polar surface area (TPSA) is 49.6 Å². The lowest BCUT2D eigenvalue weighted by Gasteiger charge is -2.39. The molecule has 4 fully saturated rings. The van der Waals surface area contributed by atoms with Gasteiger partial charge in [0.15, 0.2) is 0 Å². The Hall–Kier alpha value is -0.0300. The SMILES string of the molecule is Cl.Cl.NC1C2CCC(C2)C1C(=O)N1CCCC(CN2CCCCCC2)C1. The van der Waals surface area contributed by atoms with E-state index in [0.29, 0.717) is 23.7 Å². The van der Waals surface area contributed by atoms with Crippen molar-refractivity contribution in [3.05, 3.63) is 0 Å². The van der Waals surface area contributed by atoms with Gasteiger partial charge in [0.1, 0.15) is 0 Å². The first kappa shape index (κ1) is 22.3. The molecule has 2 N–H and O–H groups in total. The van der Waals surface area contributed by atoms with Crippen molar-refractivity contribution >= 4 is 30.7 Å². The maximum absolute atomic E-state index is 13.1. The van der Waals surface area contributed by atoms with Crippen molar-refractivity contribution in [2.24, 2.45) is 29.4 Å². The molecule has 2 heterocycles. The molecule has 0 aromatic carbocycles. The molecule has 0 aromatic heterocycles. The number of rotatable bonds is 3. The summed E-state index contributed by atoms with van der Waals surface area (Å²) in [5.74, 6) is 2.43. The summed E-state index contributed by atoms with van der Waals surface area (Å²) < 4.78 is 0. The van der Waals surface area contributed by atoms with Gasteiger partial charge in [-0.1, -0.05) is 12.8 Å². The summed E-state index contributed by atoms with van der Waals surface area (Å²) in [6, 6.07) is 0.141. The van der Waals surface area contributed by atoms with Gasteiger partial charge in [-0.05, 0) is 75.8 Å². The van der Waals surface area contributed by atoms with Crippen LogP contribution >= 0.6 is 24.8 Å². The van der Waals surface area contributed by atoms with Crippen LogP contribution in [0.1, 0.15) is 57.8 Å². The van der Waals surface area contributed by atoms with E-state index < -0.39 is 0 Å². The molecule has 2 saturated carbocycles. The Bertz CT molecular complexity index is 454. The van der Waals surface area contributed by atoms with E-state index in [2.05, 4.69) is 9.80 Å². The first-order valence-corrected chi connectivity index (χ1v) is 10.5. The zero-order chi connectivity index (χ0) is 16.5. The van der Waals surface area contributed by atoms with Crippen LogP contribution in [0.4, 0.5) is 0 Å². The van der Waals surface area contributed by atoms with Crippen LogP contribution in [0, 0.1) is 23.7 Å². The molecule has 2 saturated heterocycles. The number of carbonyl (C=O) groups excluding carboxylic acids is 1. The van der Waals surface area contributed by atoms with E-state index in [1.165, 1.54) is 77.4 Å². The van der Waals surface area contributed by atoms with Crippen molar-refractivity contribution in [1.82, 2.24) is 9.80 Å². The fourth-order valence-electron chi connectivity index (χ4n) is 6.01. The van der Waals surface area contributed by atoms with Crippen molar-refractivity contribution in [2.45, 2.75) is 63.8 Å². The van der Waals surface area contributed by atoms with Gasteiger partial charge in [0.25, 0.3) is 0 Å². The smallest absolute Gasteiger partial charge is 0.227 e. The second-order valence-electron chi connectivity index (χ2n) is 8.94. The number of hydrogen-bond acceptors (Lipinski definition) is 3. The van der Waals surface area contributed by atoms with Crippen molar-refractivity contribution in [1.29, 1.82) is 0 Å². The summed E-state index contributed by atoms with van der Waals surface area (Å²) in [5, 5.41) is 0. The first-order valence-electron chi connectivity index (χ1n) is 10.5. The third kappa shape index (κ3) is 4.68. The highest BCUT2D eigenvalue weighted by molar-refractivity contribution is 5.85. The summed E-state index contributed by atoms with van der Waals surface area (Å²) in [5.41, 5.74) is 6.42. The standard InChI is InChI=1S/C20H35N3O.2ClH/c21-19-17-8-7-16(12-17)18(19)20(24)23-11-5-6-15(14-23)13-22-9-3-1-2-4-10-22;;/h15-19H,1-14,21H2;2*1H. The minimum absolute atomic E-state index is 0. The van der Waals surface area contributed by atoms with Crippen LogP contribution in [0.5, 0.6) is 0 Å². The maximum atomic E-state index is 13.1. The number of piperidine rings is 1. The van der Waals surface area contributed by atoms with Gasteiger partial charge in [-0.15, -0.1) is 24.8 Å². The molecular weight excluding hydrogens is 369 g/mol. The fourth-order valence-corrected chi connectivity index (χ4v) is 6.01. The molecule has 0 aromatic rings. The largest absolute Gasteiger partial charge is 0.342 e. The number of halogens is 2. The second kappa shape index (κ2) is 9.95. The van der Waals surface area contributed by atoms with Crippen LogP contribution < -0.4 is 5.73 Å². The summed E-state index contributed by atoms with van der Waals surface area (Å²) in [6.45, 7) is 5.68. The van der Waals surface area contributed by atoms with E-state index >= 15 is 0 Å². The van der Waals surface area contributed by atoms with Crippen molar-refractivity contribution in [3.63, 3.8) is 0 Å². The molecule has 0 spiro atoms. The normalized spacial score (nSPS) is 37.6. The quantitative estimate of drug-likeness (QED) is 0.782. The van der Waals surface area contributed by atoms with Gasteiger partial charge in [-0.25, -0.2) is 0 Å². The molecule has 4 rings (SSSR count). The number of nitrogens with zero attached hydrogens (tertiary/aromatic N) is 2. The zero-order valence-electron chi connectivity index (χ0n) is 16.0. The Morgan fingerprint density at radius 1 is 0.885 bits per heavy atom. The van der Waals surface area contributed by atoms with Crippen molar-refractivity contribution in [2.75, 3.05) is 32.7 Å². The van der Waals surface area contributed by atoms with Gasteiger partial charge in [0, 0.05) is 25.7 Å². The van der Waals surface area contributed by atoms with Crippen LogP contribution in [-0.4, -0.2) is 54.5 Å². The number of amides is 1. The molecule has 152 valence electrons. The van der Waals surface area contributed by atoms with Gasteiger partial charge in [0.2, 0.25) is 5.91 Å². The molecule has 5 unspecified atom stereocenters. The number of likely N-dealkylation sites (tertiary alicyclic amines) is 2. The van der Waals surface area contributed by atoms with E-state index in [4.69, 9.17) is 5.73 Å². The summed E-state index contributed by atoms with van der Waals surface area (Å²) >= 11 is 0. The molecule has 4 aliphatic rings. The van der Waals surface area contributed by atoms with E-state index in [1.54, 1.807) is 0 Å². The predicted octanol–water partition coefficient (Wildman–Crippen LogP) is 3.32. The summed E-state index contributed by atoms with van der Waals surface area (Å²) in [4.78, 5) is 18.0. The summed E-state index contributed by atoms with van der Waals surface area (Å²) in [7, 11) is 0. The van der Waals surface area contributed by atoms with Crippen LogP contribution in [0.2, 0.25) is 0 Å². The average molecular weight is 406 g/mol. The molecule has 26 heavy (non-hydrogen) atoms. The lowest BCUT2D eigenvalue weighted by molar-refractivity contribution is -0.139.